The Morgan fingerprint density at radius 2 is 1.77 bits per heavy atom. The Hall–Kier alpha value is -1.08. The molecule has 0 unspecified atom stereocenters. The predicted molar refractivity (Wildman–Crippen MR) is 121 cm³/mol. The van der Waals surface area contributed by atoms with Gasteiger partial charge in [0, 0.05) is 38.6 Å². The van der Waals surface area contributed by atoms with E-state index >= 15 is 0 Å². The molecule has 0 amide bonds. The van der Waals surface area contributed by atoms with Crippen molar-refractivity contribution < 1.29 is 21.6 Å². The highest BCUT2D eigenvalue weighted by molar-refractivity contribution is 14.0. The highest BCUT2D eigenvalue weighted by Gasteiger charge is 2.50. The standard InChI is InChI=1S/C19H27F3N4O2S.HI/c1-23-17(25-14-18(9-10-18)16-5-3-2-4-6-16)24-13-15-7-11-26(12-8-15)29(27,28)19(20,21)22;/h2-6,15H,7-14H2,1H3,(H2,23,24,25);1H. The van der Waals surface area contributed by atoms with Crippen molar-refractivity contribution in [3.63, 3.8) is 0 Å². The lowest BCUT2D eigenvalue weighted by molar-refractivity contribution is -0.0496. The van der Waals surface area contributed by atoms with Crippen LogP contribution in [0, 0.1) is 5.92 Å². The molecule has 0 spiro atoms. The van der Waals surface area contributed by atoms with Crippen LogP contribution in [0.4, 0.5) is 13.2 Å². The van der Waals surface area contributed by atoms with Crippen molar-refractivity contribution in [2.24, 2.45) is 10.9 Å². The van der Waals surface area contributed by atoms with E-state index in [-0.39, 0.29) is 48.4 Å². The zero-order valence-corrected chi connectivity index (χ0v) is 19.9. The van der Waals surface area contributed by atoms with Gasteiger partial charge in [-0.1, -0.05) is 30.3 Å². The Bertz CT molecular complexity index is 822. The van der Waals surface area contributed by atoms with E-state index in [9.17, 15) is 21.6 Å². The second-order valence-corrected chi connectivity index (χ2v) is 9.68. The number of guanidine groups is 1. The quantitative estimate of drug-likeness (QED) is 0.319. The predicted octanol–water partition coefficient (Wildman–Crippen LogP) is 3.06. The number of aliphatic imine (C=N–C) groups is 1. The summed E-state index contributed by atoms with van der Waals surface area (Å²) in [6.07, 6.45) is 3.00. The van der Waals surface area contributed by atoms with Gasteiger partial charge in [-0.2, -0.15) is 17.5 Å². The van der Waals surface area contributed by atoms with Crippen LogP contribution in [0.5, 0.6) is 0 Å². The number of piperidine rings is 1. The second kappa shape index (κ2) is 10.0. The first-order valence-corrected chi connectivity index (χ1v) is 11.2. The molecule has 3 rings (SSSR count). The van der Waals surface area contributed by atoms with E-state index in [4.69, 9.17) is 0 Å². The van der Waals surface area contributed by atoms with Gasteiger partial charge in [0.1, 0.15) is 0 Å². The molecular formula is C19H28F3IN4O2S. The molecule has 0 aromatic heterocycles. The number of nitrogens with zero attached hydrogens (tertiary/aromatic N) is 2. The van der Waals surface area contributed by atoms with E-state index < -0.39 is 15.5 Å². The number of nitrogens with one attached hydrogen (secondary N) is 2. The Morgan fingerprint density at radius 1 is 1.17 bits per heavy atom. The topological polar surface area (TPSA) is 73.8 Å². The molecule has 6 nitrogen and oxygen atoms in total. The minimum Gasteiger partial charge on any atom is -0.356 e. The number of alkyl halides is 3. The molecule has 0 atom stereocenters. The van der Waals surface area contributed by atoms with Gasteiger partial charge in [0.2, 0.25) is 0 Å². The summed E-state index contributed by atoms with van der Waals surface area (Å²) in [5.74, 6) is 0.745. The average Bonchev–Trinajstić information content (AvgIpc) is 3.49. The maximum Gasteiger partial charge on any atom is 0.511 e. The summed E-state index contributed by atoms with van der Waals surface area (Å²) in [5, 5.41) is 6.57. The normalized spacial score (nSPS) is 20.3. The molecule has 0 bridgehead atoms. The SMILES string of the molecule is CN=C(NCC1CCN(S(=O)(=O)C(F)(F)F)CC1)NCC1(c2ccccc2)CC1.I. The van der Waals surface area contributed by atoms with Crippen LogP contribution >= 0.6 is 24.0 Å². The minimum atomic E-state index is -5.23. The van der Waals surface area contributed by atoms with Crippen molar-refractivity contribution >= 4 is 40.0 Å². The van der Waals surface area contributed by atoms with Crippen LogP contribution in [0.25, 0.3) is 0 Å². The van der Waals surface area contributed by atoms with Crippen molar-refractivity contribution in [2.45, 2.75) is 36.6 Å². The van der Waals surface area contributed by atoms with Gasteiger partial charge in [-0.05, 0) is 37.2 Å². The van der Waals surface area contributed by atoms with Gasteiger partial charge in [-0.25, -0.2) is 8.42 Å². The van der Waals surface area contributed by atoms with Crippen LogP contribution in [0.15, 0.2) is 35.3 Å². The van der Waals surface area contributed by atoms with Gasteiger partial charge in [0.15, 0.2) is 5.96 Å². The fraction of sp³-hybridized carbons (Fsp3) is 0.632. The third-order valence-corrected chi connectivity index (χ3v) is 7.45. The molecule has 2 fully saturated rings. The molecule has 170 valence electrons. The van der Waals surface area contributed by atoms with Crippen molar-refractivity contribution in [3.05, 3.63) is 35.9 Å². The maximum absolute atomic E-state index is 12.7. The lowest BCUT2D eigenvalue weighted by Gasteiger charge is -2.31. The smallest absolute Gasteiger partial charge is 0.356 e. The highest BCUT2D eigenvalue weighted by Crippen LogP contribution is 2.47. The van der Waals surface area contributed by atoms with E-state index in [1.165, 1.54) is 5.56 Å². The molecule has 0 radical (unpaired) electrons. The van der Waals surface area contributed by atoms with E-state index in [0.717, 1.165) is 19.4 Å². The highest BCUT2D eigenvalue weighted by atomic mass is 127. The van der Waals surface area contributed by atoms with Gasteiger partial charge in [-0.15, -0.1) is 24.0 Å². The van der Waals surface area contributed by atoms with Crippen LogP contribution in [-0.4, -0.2) is 57.4 Å². The summed E-state index contributed by atoms with van der Waals surface area (Å²) >= 11 is 0. The van der Waals surface area contributed by atoms with Gasteiger partial charge in [0.25, 0.3) is 0 Å². The zero-order valence-electron chi connectivity index (χ0n) is 16.8. The molecule has 2 N–H and O–H groups in total. The summed E-state index contributed by atoms with van der Waals surface area (Å²) < 4.78 is 61.5. The molecule has 1 saturated heterocycles. The molecule has 1 aliphatic heterocycles. The lowest BCUT2D eigenvalue weighted by Crippen LogP contribution is -2.47. The molecule has 11 heteroatoms. The van der Waals surface area contributed by atoms with E-state index in [0.29, 0.717) is 29.7 Å². The van der Waals surface area contributed by atoms with E-state index in [1.807, 2.05) is 18.2 Å². The van der Waals surface area contributed by atoms with Crippen LogP contribution in [-0.2, 0) is 15.4 Å². The van der Waals surface area contributed by atoms with Crippen LogP contribution in [0.2, 0.25) is 0 Å². The molecular weight excluding hydrogens is 532 g/mol. The van der Waals surface area contributed by atoms with E-state index in [1.54, 1.807) is 7.05 Å². The van der Waals surface area contributed by atoms with Crippen molar-refractivity contribution in [3.8, 4) is 0 Å². The number of rotatable bonds is 6. The number of benzene rings is 1. The lowest BCUT2D eigenvalue weighted by atomic mass is 9.96. The summed E-state index contributed by atoms with van der Waals surface area (Å²) in [4.78, 5) is 4.22. The zero-order chi connectivity index (χ0) is 21.1. The largest absolute Gasteiger partial charge is 0.511 e. The number of sulfonamides is 1. The molecule has 1 heterocycles. The first-order chi connectivity index (χ1) is 13.7. The molecule has 1 aromatic rings. The number of halogens is 4. The Kier molecular flexibility index (Phi) is 8.42. The van der Waals surface area contributed by atoms with E-state index in [2.05, 4.69) is 27.8 Å². The summed E-state index contributed by atoms with van der Waals surface area (Å²) in [6, 6.07) is 10.3. The van der Waals surface area contributed by atoms with Crippen molar-refractivity contribution in [1.82, 2.24) is 14.9 Å². The summed E-state index contributed by atoms with van der Waals surface area (Å²) in [7, 11) is -3.55. The number of hydrogen-bond donors (Lipinski definition) is 2. The van der Waals surface area contributed by atoms with Gasteiger partial charge >= 0.3 is 15.5 Å². The molecule has 1 aliphatic carbocycles. The fourth-order valence-electron chi connectivity index (χ4n) is 3.72. The average molecular weight is 560 g/mol. The Balaban J connectivity index is 0.00000320. The summed E-state index contributed by atoms with van der Waals surface area (Å²) in [5.41, 5.74) is -3.79. The first-order valence-electron chi connectivity index (χ1n) is 9.74. The minimum absolute atomic E-state index is 0. The number of hydrogen-bond acceptors (Lipinski definition) is 3. The van der Waals surface area contributed by atoms with Crippen LogP contribution < -0.4 is 10.6 Å². The Labute approximate surface area is 192 Å². The van der Waals surface area contributed by atoms with Gasteiger partial charge < -0.3 is 10.6 Å². The third kappa shape index (κ3) is 5.78. The first kappa shape index (κ1) is 25.2. The summed E-state index contributed by atoms with van der Waals surface area (Å²) in [6.45, 7) is 1.07. The van der Waals surface area contributed by atoms with Gasteiger partial charge in [0.05, 0.1) is 0 Å². The molecule has 2 aliphatic rings. The van der Waals surface area contributed by atoms with Crippen LogP contribution in [0.3, 0.4) is 0 Å². The second-order valence-electron chi connectivity index (χ2n) is 7.75. The van der Waals surface area contributed by atoms with Crippen LogP contribution in [0.1, 0.15) is 31.2 Å². The fourth-order valence-corrected chi connectivity index (χ4v) is 4.71. The molecule has 30 heavy (non-hydrogen) atoms. The molecule has 1 saturated carbocycles. The maximum atomic E-state index is 12.7. The Morgan fingerprint density at radius 3 is 2.27 bits per heavy atom. The van der Waals surface area contributed by atoms with Gasteiger partial charge in [-0.3, -0.25) is 4.99 Å². The van der Waals surface area contributed by atoms with Crippen molar-refractivity contribution in [2.75, 3.05) is 33.2 Å². The monoisotopic (exact) mass is 560 g/mol. The van der Waals surface area contributed by atoms with Crippen molar-refractivity contribution in [1.29, 1.82) is 0 Å². The molecule has 1 aromatic carbocycles. The third-order valence-electron chi connectivity index (χ3n) is 5.82.